The van der Waals surface area contributed by atoms with Gasteiger partial charge in [0.25, 0.3) is 0 Å². The summed E-state index contributed by atoms with van der Waals surface area (Å²) in [7, 11) is 0. The lowest BCUT2D eigenvalue weighted by Crippen LogP contribution is -2.43. The molecule has 3 atom stereocenters. The van der Waals surface area contributed by atoms with Crippen LogP contribution in [0.15, 0.2) is 17.1 Å². The number of carboxylic acid groups (broad SMARTS) is 1. The third-order valence-electron chi connectivity index (χ3n) is 6.50. The molecular formula is C25H29FN4O6. The van der Waals surface area contributed by atoms with Gasteiger partial charge in [0, 0.05) is 25.3 Å². The Hall–Kier alpha value is -3.81. The first-order chi connectivity index (χ1) is 16.9. The maximum atomic E-state index is 15.5. The number of amides is 1. The molecule has 1 amide bonds. The zero-order valence-corrected chi connectivity index (χ0v) is 20.6. The van der Waals surface area contributed by atoms with Gasteiger partial charge in [-0.15, -0.1) is 0 Å². The number of anilines is 1. The number of rotatable bonds is 5. The van der Waals surface area contributed by atoms with Crippen molar-refractivity contribution in [3.8, 4) is 11.8 Å². The Balaban J connectivity index is 1.69. The van der Waals surface area contributed by atoms with E-state index in [1.165, 1.54) is 6.20 Å². The van der Waals surface area contributed by atoms with Crippen LogP contribution in [0.25, 0.3) is 10.9 Å². The SMILES string of the molecule is CC1COc2c(N3CCC(C(CC#N)NC(=O)OC(C)(C)C)C3)c(F)cc3c(=O)c(C(=O)O)cn1c23. The minimum absolute atomic E-state index is 0.0533. The number of aromatic nitrogens is 1. The number of nitriles is 1. The first-order valence-corrected chi connectivity index (χ1v) is 11.8. The van der Waals surface area contributed by atoms with Crippen LogP contribution >= 0.6 is 0 Å². The Morgan fingerprint density at radius 3 is 2.78 bits per heavy atom. The first-order valence-electron chi connectivity index (χ1n) is 11.8. The average Bonchev–Trinajstić information content (AvgIpc) is 3.25. The minimum Gasteiger partial charge on any atom is -0.487 e. The molecule has 2 N–H and O–H groups in total. The summed E-state index contributed by atoms with van der Waals surface area (Å²) in [6.45, 7) is 8.02. The molecule has 36 heavy (non-hydrogen) atoms. The Kier molecular flexibility index (Phi) is 6.56. The van der Waals surface area contributed by atoms with E-state index in [-0.39, 0.29) is 41.8 Å². The molecule has 11 heteroatoms. The highest BCUT2D eigenvalue weighted by Crippen LogP contribution is 2.43. The van der Waals surface area contributed by atoms with Crippen LogP contribution in [0.4, 0.5) is 14.9 Å². The van der Waals surface area contributed by atoms with Crippen molar-refractivity contribution in [1.82, 2.24) is 9.88 Å². The number of benzene rings is 1. The van der Waals surface area contributed by atoms with Crippen molar-refractivity contribution in [2.45, 2.75) is 58.2 Å². The molecule has 10 nitrogen and oxygen atoms in total. The van der Waals surface area contributed by atoms with E-state index in [0.29, 0.717) is 25.0 Å². The Morgan fingerprint density at radius 1 is 1.42 bits per heavy atom. The first kappa shape index (κ1) is 25.3. The summed E-state index contributed by atoms with van der Waals surface area (Å²) in [5.41, 5.74) is -1.36. The van der Waals surface area contributed by atoms with Gasteiger partial charge in [0.15, 0.2) is 11.6 Å². The molecule has 1 saturated heterocycles. The van der Waals surface area contributed by atoms with Crippen LogP contribution in [0.1, 0.15) is 56.9 Å². The zero-order chi connectivity index (χ0) is 26.4. The summed E-state index contributed by atoms with van der Waals surface area (Å²) in [6, 6.07) is 2.41. The van der Waals surface area contributed by atoms with Crippen molar-refractivity contribution < 1.29 is 28.6 Å². The predicted octanol–water partition coefficient (Wildman–Crippen LogP) is 3.43. The highest BCUT2D eigenvalue weighted by atomic mass is 19.1. The zero-order valence-electron chi connectivity index (χ0n) is 20.6. The number of pyridine rings is 1. The van der Waals surface area contributed by atoms with Gasteiger partial charge in [-0.2, -0.15) is 5.26 Å². The van der Waals surface area contributed by atoms with Crippen LogP contribution in [-0.2, 0) is 4.74 Å². The Morgan fingerprint density at radius 2 is 2.14 bits per heavy atom. The quantitative estimate of drug-likeness (QED) is 0.638. The Bertz CT molecular complexity index is 1330. The number of ether oxygens (including phenoxy) is 2. The highest BCUT2D eigenvalue weighted by Gasteiger charge is 2.36. The number of carbonyl (C=O) groups excluding carboxylic acids is 1. The smallest absolute Gasteiger partial charge is 0.407 e. The Labute approximate surface area is 207 Å². The lowest BCUT2D eigenvalue weighted by atomic mass is 9.96. The molecule has 4 rings (SSSR count). The summed E-state index contributed by atoms with van der Waals surface area (Å²) < 4.78 is 28.4. The summed E-state index contributed by atoms with van der Waals surface area (Å²) in [5, 5.41) is 21.5. The standard InChI is InChI=1S/C25H29FN4O6/c1-13-12-35-22-19-15(21(31)16(23(32)33)11-30(13)19)9-17(26)20(22)29-8-6-14(10-29)18(5-7-27)28-24(34)36-25(2,3)4/h9,11,13-14,18H,5-6,8,10,12H2,1-4H3,(H,28,34)(H,32,33). The monoisotopic (exact) mass is 500 g/mol. The van der Waals surface area contributed by atoms with Gasteiger partial charge in [0.1, 0.15) is 23.5 Å². The van der Waals surface area contributed by atoms with Crippen LogP contribution < -0.4 is 20.4 Å². The number of nitrogens with zero attached hydrogens (tertiary/aromatic N) is 3. The normalized spacial score (nSPS) is 19.9. The molecule has 3 unspecified atom stereocenters. The molecule has 1 fully saturated rings. The highest BCUT2D eigenvalue weighted by molar-refractivity contribution is 5.97. The molecule has 0 aliphatic carbocycles. The van der Waals surface area contributed by atoms with Gasteiger partial charge in [0.05, 0.1) is 29.4 Å². The van der Waals surface area contributed by atoms with Crippen LogP contribution in [0.2, 0.25) is 0 Å². The third kappa shape index (κ3) is 4.67. The molecule has 0 spiro atoms. The van der Waals surface area contributed by atoms with Gasteiger partial charge >= 0.3 is 12.1 Å². The number of carboxylic acids is 1. The van der Waals surface area contributed by atoms with E-state index in [1.54, 1.807) is 30.2 Å². The number of carbonyl (C=O) groups is 2. The molecule has 192 valence electrons. The van der Waals surface area contributed by atoms with Crippen molar-refractivity contribution >= 4 is 28.7 Å². The molecule has 3 heterocycles. The second-order valence-corrected chi connectivity index (χ2v) is 10.3. The van der Waals surface area contributed by atoms with Crippen molar-refractivity contribution in [1.29, 1.82) is 5.26 Å². The molecular weight excluding hydrogens is 471 g/mol. The van der Waals surface area contributed by atoms with Crippen LogP contribution in [0.3, 0.4) is 0 Å². The minimum atomic E-state index is -1.38. The number of alkyl carbamates (subject to hydrolysis) is 1. The summed E-state index contributed by atoms with van der Waals surface area (Å²) in [5.74, 6) is -2.04. The third-order valence-corrected chi connectivity index (χ3v) is 6.50. The molecule has 1 aromatic carbocycles. The summed E-state index contributed by atoms with van der Waals surface area (Å²) in [6.07, 6.45) is 1.31. The molecule has 2 aliphatic rings. The largest absolute Gasteiger partial charge is 0.487 e. The molecule has 0 saturated carbocycles. The lowest BCUT2D eigenvalue weighted by molar-refractivity contribution is 0.0489. The average molecular weight is 501 g/mol. The maximum absolute atomic E-state index is 15.5. The molecule has 1 aromatic heterocycles. The van der Waals surface area contributed by atoms with Crippen molar-refractivity contribution in [3.63, 3.8) is 0 Å². The molecule has 0 radical (unpaired) electrons. The van der Waals surface area contributed by atoms with E-state index in [1.807, 2.05) is 6.92 Å². The van der Waals surface area contributed by atoms with Crippen molar-refractivity contribution in [3.05, 3.63) is 33.9 Å². The number of halogens is 1. The van der Waals surface area contributed by atoms with Crippen LogP contribution in [-0.4, -0.2) is 53.1 Å². The summed E-state index contributed by atoms with van der Waals surface area (Å²) >= 11 is 0. The topological polar surface area (TPSA) is 134 Å². The second kappa shape index (κ2) is 9.33. The van der Waals surface area contributed by atoms with Gasteiger partial charge in [0.2, 0.25) is 5.43 Å². The lowest BCUT2D eigenvalue weighted by Gasteiger charge is -2.31. The summed E-state index contributed by atoms with van der Waals surface area (Å²) in [4.78, 5) is 38.5. The van der Waals surface area contributed by atoms with Gasteiger partial charge in [-0.05, 0) is 46.1 Å². The van der Waals surface area contributed by atoms with Gasteiger partial charge in [-0.25, -0.2) is 14.0 Å². The number of aromatic carboxylic acids is 1. The van der Waals surface area contributed by atoms with E-state index in [2.05, 4.69) is 11.4 Å². The van der Waals surface area contributed by atoms with E-state index in [9.17, 15) is 24.8 Å². The van der Waals surface area contributed by atoms with Crippen LogP contribution in [0.5, 0.6) is 5.75 Å². The molecule has 2 aromatic rings. The van der Waals surface area contributed by atoms with E-state index in [4.69, 9.17) is 9.47 Å². The fraction of sp³-hybridized carbons (Fsp3) is 0.520. The second-order valence-electron chi connectivity index (χ2n) is 10.3. The predicted molar refractivity (Wildman–Crippen MR) is 129 cm³/mol. The fourth-order valence-corrected chi connectivity index (χ4v) is 4.87. The maximum Gasteiger partial charge on any atom is 0.407 e. The van der Waals surface area contributed by atoms with Crippen molar-refractivity contribution in [2.75, 3.05) is 24.6 Å². The molecule has 0 bridgehead atoms. The number of hydrogen-bond donors (Lipinski definition) is 2. The van der Waals surface area contributed by atoms with E-state index < -0.39 is 40.5 Å². The fourth-order valence-electron chi connectivity index (χ4n) is 4.87. The molecule has 2 aliphatic heterocycles. The van der Waals surface area contributed by atoms with Crippen molar-refractivity contribution in [2.24, 2.45) is 5.92 Å². The van der Waals surface area contributed by atoms with Gasteiger partial charge < -0.3 is 29.4 Å². The van der Waals surface area contributed by atoms with Gasteiger partial charge in [-0.1, -0.05) is 0 Å². The number of hydrogen-bond acceptors (Lipinski definition) is 7. The van der Waals surface area contributed by atoms with Crippen LogP contribution in [0, 0.1) is 23.1 Å². The number of nitrogens with one attached hydrogen (secondary N) is 1. The van der Waals surface area contributed by atoms with Gasteiger partial charge in [-0.3, -0.25) is 4.79 Å². The van der Waals surface area contributed by atoms with E-state index >= 15 is 4.39 Å². The van der Waals surface area contributed by atoms with E-state index in [0.717, 1.165) is 6.07 Å².